The molecule has 0 saturated carbocycles. The largest absolute Gasteiger partial charge is 0 e. The molecule has 2 radical (unpaired) electrons. The van der Waals surface area contributed by atoms with Crippen LogP contribution in [0.3, 0.4) is 0 Å². The zero-order chi connectivity index (χ0) is 0. The zero-order valence-corrected chi connectivity index (χ0v) is 13.5. The van der Waals surface area contributed by atoms with Gasteiger partial charge in [0.1, 0.15) is 0 Å². The van der Waals surface area contributed by atoms with Crippen molar-refractivity contribution in [3.05, 3.63) is 0 Å². The van der Waals surface area contributed by atoms with Gasteiger partial charge in [0.25, 0.3) is 0 Å². The number of rotatable bonds is 0. The van der Waals surface area contributed by atoms with Crippen molar-refractivity contribution in [2.75, 3.05) is 0 Å². The third-order valence-electron chi connectivity index (χ3n) is 0. The molecule has 0 bridgehead atoms. The second-order valence-corrected chi connectivity index (χ2v) is 0. The summed E-state index contributed by atoms with van der Waals surface area (Å²) in [4.78, 5) is 0. The molecule has 1 atom stereocenters. The maximum absolute atomic E-state index is 0. The Balaban J connectivity index is 0. The Bertz CT molecular complexity index is 11.6. The first-order valence-corrected chi connectivity index (χ1v) is 0. The molecule has 0 aromatic carbocycles. The molecular weight excluding hydrogens is 399 g/mol. The van der Waals surface area contributed by atoms with Crippen LogP contribution in [0.2, 0.25) is 0 Å². The van der Waals surface area contributed by atoms with Crippen molar-refractivity contribution in [2.24, 2.45) is 0 Å². The van der Waals surface area contributed by atoms with E-state index in [0.29, 0.717) is 0 Å². The second kappa shape index (κ2) is 25.1. The van der Waals surface area contributed by atoms with Gasteiger partial charge in [0.2, 0.25) is 0 Å². The maximum atomic E-state index is 0. The van der Waals surface area contributed by atoms with Gasteiger partial charge >= 0.3 is 65.0 Å². The summed E-state index contributed by atoms with van der Waals surface area (Å²) < 4.78 is 0. The van der Waals surface area contributed by atoms with Gasteiger partial charge < -0.3 is 0 Å². The van der Waals surface area contributed by atoms with Crippen LogP contribution in [-0.4, -0.2) is 65.0 Å². The van der Waals surface area contributed by atoms with Crippen molar-refractivity contribution in [3.63, 3.8) is 0 Å². The van der Waals surface area contributed by atoms with Gasteiger partial charge in [0, 0.05) is 36.5 Å². The van der Waals surface area contributed by atoms with Crippen LogP contribution in [0, 0.1) is 0 Å². The molecule has 0 aliphatic heterocycles. The van der Waals surface area contributed by atoms with E-state index < -0.39 is 0 Å². The van der Waals surface area contributed by atoms with Crippen LogP contribution in [0.1, 0.15) is 0 Å². The molecular formula is H7CaFePPbZn. The van der Waals surface area contributed by atoms with Gasteiger partial charge in [-0.3, -0.25) is 0 Å². The van der Waals surface area contributed by atoms with E-state index in [2.05, 4.69) is 0 Å². The Morgan fingerprint density at radius 2 is 1.00 bits per heavy atom. The predicted octanol–water partition coefficient (Wildman–Crippen LogP) is -1.78. The Morgan fingerprint density at radius 3 is 1.00 bits per heavy atom. The summed E-state index contributed by atoms with van der Waals surface area (Å²) in [5.41, 5.74) is 0. The van der Waals surface area contributed by atoms with Gasteiger partial charge in [-0.1, -0.05) is 0 Å². The van der Waals surface area contributed by atoms with Crippen molar-refractivity contribution in [1.82, 2.24) is 0 Å². The summed E-state index contributed by atoms with van der Waals surface area (Å²) in [7, 11) is 0. The zero-order valence-electron chi connectivity index (χ0n) is 2.47. The van der Waals surface area contributed by atoms with Gasteiger partial charge in [-0.05, 0) is 0 Å². The van der Waals surface area contributed by atoms with Gasteiger partial charge in [-0.2, -0.15) is 9.90 Å². The second-order valence-electron chi connectivity index (χ2n) is 0. The van der Waals surface area contributed by atoms with Gasteiger partial charge in [-0.15, -0.1) is 0 Å². The minimum Gasteiger partial charge on any atom is 0 e. The smallest absolute Gasteiger partial charge is 0 e. The first-order valence-electron chi connectivity index (χ1n) is 0. The van der Waals surface area contributed by atoms with E-state index in [1.807, 2.05) is 0 Å². The number of hydrogen-bond donors (Lipinski definition) is 0. The Labute approximate surface area is 109 Å². The summed E-state index contributed by atoms with van der Waals surface area (Å²) >= 11 is 0. The van der Waals surface area contributed by atoms with E-state index >= 15 is 0 Å². The molecule has 0 fully saturated rings. The summed E-state index contributed by atoms with van der Waals surface area (Å²) in [6.07, 6.45) is 0. The minimum absolute atomic E-state index is 0. The van der Waals surface area contributed by atoms with Crippen LogP contribution in [-0.2, 0) is 36.5 Å². The summed E-state index contributed by atoms with van der Waals surface area (Å²) in [6, 6.07) is 0. The molecule has 0 aliphatic rings. The molecule has 0 N–H and O–H groups in total. The van der Waals surface area contributed by atoms with E-state index in [1.54, 1.807) is 0 Å². The Hall–Kier alpha value is 3.75. The van der Waals surface area contributed by atoms with Gasteiger partial charge in [0.05, 0.1) is 0 Å². The monoisotopic (exact) mass is 406 g/mol. The molecule has 5 heavy (non-hydrogen) atoms. The first kappa shape index (κ1) is 37.3. The van der Waals surface area contributed by atoms with Gasteiger partial charge in [-0.25, -0.2) is 0 Å². The van der Waals surface area contributed by atoms with Crippen molar-refractivity contribution in [1.29, 1.82) is 0 Å². The molecule has 0 heterocycles. The average Bonchev–Trinajstić information content (AvgIpc) is 0. The molecule has 0 spiro atoms. The topological polar surface area (TPSA) is 0 Å². The SMILES string of the molecule is P.[CaH2].[Fe].[PbH2].[Zn]. The van der Waals surface area contributed by atoms with Gasteiger partial charge in [0.15, 0.2) is 0 Å². The molecule has 0 aliphatic carbocycles. The average molecular weight is 407 g/mol. The summed E-state index contributed by atoms with van der Waals surface area (Å²) in [5, 5.41) is 0. The molecule has 28 valence electrons. The third kappa shape index (κ3) is 18.2. The van der Waals surface area contributed by atoms with Crippen LogP contribution in [0.5, 0.6) is 0 Å². The van der Waals surface area contributed by atoms with Crippen molar-refractivity contribution >= 4 is 74.9 Å². The van der Waals surface area contributed by atoms with Crippen LogP contribution >= 0.6 is 9.90 Å². The summed E-state index contributed by atoms with van der Waals surface area (Å²) in [5.74, 6) is 0. The fourth-order valence-electron chi connectivity index (χ4n) is 0. The Morgan fingerprint density at radius 1 is 1.00 bits per heavy atom. The molecule has 0 rings (SSSR count). The molecule has 0 aromatic heterocycles. The third-order valence-corrected chi connectivity index (χ3v) is 0. The summed E-state index contributed by atoms with van der Waals surface area (Å²) in [6.45, 7) is 0. The molecule has 0 saturated heterocycles. The van der Waals surface area contributed by atoms with Crippen molar-refractivity contribution < 1.29 is 36.5 Å². The van der Waals surface area contributed by atoms with E-state index in [1.165, 1.54) is 0 Å². The first-order chi connectivity index (χ1) is 0. The van der Waals surface area contributed by atoms with Crippen LogP contribution in [0.15, 0.2) is 0 Å². The van der Waals surface area contributed by atoms with E-state index in [0.717, 1.165) is 0 Å². The Kier molecular flexibility index (Phi) is 187. The predicted molar refractivity (Wildman–Crippen MR) is 28.2 cm³/mol. The molecule has 1 unspecified atom stereocenters. The van der Waals surface area contributed by atoms with Crippen molar-refractivity contribution in [2.45, 2.75) is 0 Å². The normalized spacial score (nSPS) is 0. The van der Waals surface area contributed by atoms with Crippen LogP contribution in [0.25, 0.3) is 0 Å². The fourth-order valence-corrected chi connectivity index (χ4v) is 0. The molecule has 0 amide bonds. The molecule has 0 nitrogen and oxygen atoms in total. The maximum Gasteiger partial charge on any atom is 0 e. The fraction of sp³-hybridized carbons (Fsp3) is 0. The molecule has 5 heteroatoms. The molecule has 0 aromatic rings. The standard InChI is InChI=1S/Ca.Fe.H3P.Pb.Zn.4H/h;;1H3;;;;;;. The van der Waals surface area contributed by atoms with E-state index in [4.69, 9.17) is 0 Å². The van der Waals surface area contributed by atoms with Crippen LogP contribution < -0.4 is 0 Å². The van der Waals surface area contributed by atoms with E-state index in [9.17, 15) is 0 Å². The van der Waals surface area contributed by atoms with Crippen LogP contribution in [0.4, 0.5) is 0 Å². The quantitative estimate of drug-likeness (QED) is 0.330. The minimum atomic E-state index is 0. The van der Waals surface area contributed by atoms with E-state index in [-0.39, 0.29) is 111 Å². The van der Waals surface area contributed by atoms with Crippen molar-refractivity contribution in [3.8, 4) is 0 Å². The number of hydrogen-bond acceptors (Lipinski definition) is 0.